The lowest BCUT2D eigenvalue weighted by Crippen LogP contribution is -1.90. The molecule has 0 saturated heterocycles. The molecule has 76 valence electrons. The van der Waals surface area contributed by atoms with E-state index in [1.165, 1.54) is 6.20 Å². The third-order valence-corrected chi connectivity index (χ3v) is 1.84. The van der Waals surface area contributed by atoms with Gasteiger partial charge in [-0.2, -0.15) is 4.39 Å². The first-order valence-corrected chi connectivity index (χ1v) is 4.46. The van der Waals surface area contributed by atoms with Crippen molar-refractivity contribution in [2.24, 2.45) is 0 Å². The molecule has 3 nitrogen and oxygen atoms in total. The second kappa shape index (κ2) is 4.04. The number of halogens is 1. The van der Waals surface area contributed by atoms with E-state index < -0.39 is 5.95 Å². The molecule has 0 fully saturated rings. The van der Waals surface area contributed by atoms with Gasteiger partial charge in [0.05, 0.1) is 12.4 Å². The number of hydrogen-bond donors (Lipinski definition) is 0. The zero-order valence-corrected chi connectivity index (χ0v) is 8.14. The first kappa shape index (κ1) is 9.58. The van der Waals surface area contributed by atoms with Crippen molar-refractivity contribution in [3.63, 3.8) is 0 Å². The molecule has 15 heavy (non-hydrogen) atoms. The summed E-state index contributed by atoms with van der Waals surface area (Å²) in [7, 11) is 0. The molecule has 1 heterocycles. The minimum atomic E-state index is -0.619. The lowest BCUT2D eigenvalue weighted by molar-refractivity contribution is 0.451. The van der Waals surface area contributed by atoms with Crippen LogP contribution in [0.4, 0.5) is 4.39 Å². The van der Waals surface area contributed by atoms with E-state index in [0.29, 0.717) is 5.75 Å². The molecule has 0 aliphatic carbocycles. The largest absolute Gasteiger partial charge is 0.438 e. The molecule has 0 N–H and O–H groups in total. The van der Waals surface area contributed by atoms with Gasteiger partial charge >= 0.3 is 0 Å². The molecule has 0 atom stereocenters. The van der Waals surface area contributed by atoms with Gasteiger partial charge in [-0.3, -0.25) is 0 Å². The number of aromatic nitrogens is 2. The molecule has 0 aliphatic rings. The van der Waals surface area contributed by atoms with Gasteiger partial charge < -0.3 is 4.74 Å². The van der Waals surface area contributed by atoms with E-state index in [4.69, 9.17) is 4.74 Å². The molecule has 1 aromatic carbocycles. The molecular weight excluding hydrogens is 195 g/mol. The van der Waals surface area contributed by atoms with Crippen LogP contribution in [0.1, 0.15) is 5.56 Å². The number of benzene rings is 1. The van der Waals surface area contributed by atoms with Crippen LogP contribution >= 0.6 is 0 Å². The van der Waals surface area contributed by atoms with Crippen molar-refractivity contribution in [2.45, 2.75) is 6.92 Å². The zero-order chi connectivity index (χ0) is 10.7. The fourth-order valence-electron chi connectivity index (χ4n) is 1.08. The second-order valence-electron chi connectivity index (χ2n) is 3.09. The van der Waals surface area contributed by atoms with Gasteiger partial charge in [0, 0.05) is 0 Å². The van der Waals surface area contributed by atoms with Gasteiger partial charge in [-0.25, -0.2) is 9.97 Å². The van der Waals surface area contributed by atoms with Crippen molar-refractivity contribution in [3.8, 4) is 11.6 Å². The topological polar surface area (TPSA) is 35.0 Å². The fourth-order valence-corrected chi connectivity index (χ4v) is 1.08. The first-order chi connectivity index (χ1) is 7.24. The summed E-state index contributed by atoms with van der Waals surface area (Å²) in [5.74, 6) is 0.313. The van der Waals surface area contributed by atoms with Crippen LogP contribution in [0, 0.1) is 12.9 Å². The highest BCUT2D eigenvalue weighted by Gasteiger charge is 1.99. The van der Waals surface area contributed by atoms with Gasteiger partial charge in [0.2, 0.25) is 11.8 Å². The number of rotatable bonds is 2. The third-order valence-electron chi connectivity index (χ3n) is 1.84. The van der Waals surface area contributed by atoms with Crippen molar-refractivity contribution in [1.29, 1.82) is 0 Å². The predicted octanol–water partition coefficient (Wildman–Crippen LogP) is 2.72. The Morgan fingerprint density at radius 1 is 1.07 bits per heavy atom. The Labute approximate surface area is 86.6 Å². The molecule has 0 aliphatic heterocycles. The number of aryl methyl sites for hydroxylation is 1. The smallest absolute Gasteiger partial charge is 0.238 e. The van der Waals surface area contributed by atoms with Crippen LogP contribution in [0.5, 0.6) is 11.6 Å². The highest BCUT2D eigenvalue weighted by molar-refractivity contribution is 5.29. The van der Waals surface area contributed by atoms with Crippen molar-refractivity contribution in [2.75, 3.05) is 0 Å². The van der Waals surface area contributed by atoms with Crippen LogP contribution in [0.25, 0.3) is 0 Å². The van der Waals surface area contributed by atoms with Gasteiger partial charge in [0.1, 0.15) is 5.75 Å². The van der Waals surface area contributed by atoms with Crippen LogP contribution in [0.2, 0.25) is 0 Å². The van der Waals surface area contributed by atoms with E-state index in [0.717, 1.165) is 11.8 Å². The molecule has 2 aromatic rings. The standard InChI is InChI=1S/C11H9FN2O/c1-8-2-4-9(5-3-8)15-11-7-13-10(12)6-14-11/h2-7H,1H3. The van der Waals surface area contributed by atoms with Gasteiger partial charge in [0.15, 0.2) is 0 Å². The summed E-state index contributed by atoms with van der Waals surface area (Å²) in [4.78, 5) is 7.17. The number of ether oxygens (including phenoxy) is 1. The van der Waals surface area contributed by atoms with Gasteiger partial charge in [-0.1, -0.05) is 17.7 Å². The molecule has 1 aromatic heterocycles. The van der Waals surface area contributed by atoms with Crippen molar-refractivity contribution in [1.82, 2.24) is 9.97 Å². The van der Waals surface area contributed by atoms with Crippen LogP contribution in [-0.4, -0.2) is 9.97 Å². The predicted molar refractivity (Wildman–Crippen MR) is 53.2 cm³/mol. The molecule has 0 saturated carbocycles. The summed E-state index contributed by atoms with van der Waals surface area (Å²) in [6.45, 7) is 1.99. The lowest BCUT2D eigenvalue weighted by Gasteiger charge is -2.03. The summed E-state index contributed by atoms with van der Waals surface area (Å²) in [6.07, 6.45) is 2.26. The van der Waals surface area contributed by atoms with Gasteiger partial charge in [-0.15, -0.1) is 0 Å². The second-order valence-corrected chi connectivity index (χ2v) is 3.09. The van der Waals surface area contributed by atoms with Gasteiger partial charge in [-0.05, 0) is 19.1 Å². The van der Waals surface area contributed by atoms with E-state index in [1.807, 2.05) is 31.2 Å². The zero-order valence-electron chi connectivity index (χ0n) is 8.14. The Morgan fingerprint density at radius 2 is 1.80 bits per heavy atom. The molecule has 0 unspecified atom stereocenters. The maximum Gasteiger partial charge on any atom is 0.238 e. The van der Waals surface area contributed by atoms with Crippen LogP contribution in [-0.2, 0) is 0 Å². The summed E-state index contributed by atoms with van der Waals surface area (Å²) >= 11 is 0. The molecule has 0 radical (unpaired) electrons. The van der Waals surface area contributed by atoms with Crippen LogP contribution < -0.4 is 4.74 Å². The fraction of sp³-hybridized carbons (Fsp3) is 0.0909. The Kier molecular flexibility index (Phi) is 2.58. The van der Waals surface area contributed by atoms with E-state index in [2.05, 4.69) is 9.97 Å². The Bertz CT molecular complexity index is 396. The van der Waals surface area contributed by atoms with Crippen LogP contribution in [0.3, 0.4) is 0 Å². The summed E-state index contributed by atoms with van der Waals surface area (Å²) in [5, 5.41) is 0. The van der Waals surface area contributed by atoms with Crippen molar-refractivity contribution < 1.29 is 9.13 Å². The maximum absolute atomic E-state index is 12.4. The van der Waals surface area contributed by atoms with Crippen molar-refractivity contribution >= 4 is 0 Å². The molecular formula is C11H9FN2O. The highest BCUT2D eigenvalue weighted by Crippen LogP contribution is 2.18. The molecule has 2 rings (SSSR count). The van der Waals surface area contributed by atoms with Crippen molar-refractivity contribution in [3.05, 3.63) is 48.2 Å². The first-order valence-electron chi connectivity index (χ1n) is 4.46. The van der Waals surface area contributed by atoms with Crippen LogP contribution in [0.15, 0.2) is 36.7 Å². The normalized spacial score (nSPS) is 10.0. The molecule has 0 spiro atoms. The summed E-state index contributed by atoms with van der Waals surface area (Å²) in [5.41, 5.74) is 1.15. The quantitative estimate of drug-likeness (QED) is 0.754. The highest BCUT2D eigenvalue weighted by atomic mass is 19.1. The Hall–Kier alpha value is -1.97. The lowest BCUT2D eigenvalue weighted by atomic mass is 10.2. The van der Waals surface area contributed by atoms with E-state index in [1.54, 1.807) is 0 Å². The number of nitrogens with zero attached hydrogens (tertiary/aromatic N) is 2. The van der Waals surface area contributed by atoms with E-state index >= 15 is 0 Å². The Balaban J connectivity index is 2.15. The molecule has 4 heteroatoms. The monoisotopic (exact) mass is 204 g/mol. The molecule has 0 bridgehead atoms. The minimum absolute atomic E-state index is 0.278. The average molecular weight is 204 g/mol. The summed E-state index contributed by atoms with van der Waals surface area (Å²) in [6, 6.07) is 7.49. The maximum atomic E-state index is 12.4. The minimum Gasteiger partial charge on any atom is -0.438 e. The summed E-state index contributed by atoms with van der Waals surface area (Å²) < 4.78 is 17.8. The average Bonchev–Trinajstić information content (AvgIpc) is 2.25. The third kappa shape index (κ3) is 2.49. The van der Waals surface area contributed by atoms with Gasteiger partial charge in [0.25, 0.3) is 0 Å². The van der Waals surface area contributed by atoms with E-state index in [-0.39, 0.29) is 5.88 Å². The Morgan fingerprint density at radius 3 is 2.40 bits per heavy atom. The van der Waals surface area contributed by atoms with E-state index in [9.17, 15) is 4.39 Å². The molecule has 0 amide bonds. The number of hydrogen-bond acceptors (Lipinski definition) is 3. The SMILES string of the molecule is Cc1ccc(Oc2cnc(F)cn2)cc1.